The van der Waals surface area contributed by atoms with Crippen molar-refractivity contribution in [1.82, 2.24) is 14.4 Å². The predicted molar refractivity (Wildman–Crippen MR) is 154 cm³/mol. The third kappa shape index (κ3) is 5.08. The molecule has 1 aliphatic heterocycles. The van der Waals surface area contributed by atoms with Crippen LogP contribution in [0.5, 0.6) is 5.75 Å². The minimum Gasteiger partial charge on any atom is -0.505 e. The lowest BCUT2D eigenvalue weighted by atomic mass is 9.96. The van der Waals surface area contributed by atoms with Crippen LogP contribution in [0.4, 0.5) is 5.13 Å². The van der Waals surface area contributed by atoms with E-state index in [4.69, 9.17) is 9.47 Å². The van der Waals surface area contributed by atoms with E-state index in [1.165, 1.54) is 4.90 Å². The summed E-state index contributed by atoms with van der Waals surface area (Å²) in [4.78, 5) is 50.4. The van der Waals surface area contributed by atoms with Gasteiger partial charge in [0.05, 0.1) is 36.2 Å². The van der Waals surface area contributed by atoms with Gasteiger partial charge < -0.3 is 14.6 Å². The highest BCUT2D eigenvalue weighted by Crippen LogP contribution is 2.44. The highest BCUT2D eigenvalue weighted by atomic mass is 32.1. The number of carbonyl (C=O) groups excluding carboxylic acids is 3. The van der Waals surface area contributed by atoms with Gasteiger partial charge in [-0.15, -0.1) is 0 Å². The number of benzene rings is 1. The number of anilines is 1. The van der Waals surface area contributed by atoms with E-state index in [1.54, 1.807) is 67.8 Å². The number of carbonyl (C=O) groups is 3. The van der Waals surface area contributed by atoms with Crippen LogP contribution < -0.4 is 9.64 Å². The Balaban J connectivity index is 1.71. The number of aromatic nitrogens is 3. The molecule has 0 spiro atoms. The molecule has 0 saturated carbocycles. The van der Waals surface area contributed by atoms with Crippen molar-refractivity contribution < 1.29 is 29.0 Å². The van der Waals surface area contributed by atoms with Gasteiger partial charge in [-0.3, -0.25) is 18.9 Å². The number of aliphatic hydroxyl groups is 1. The lowest BCUT2D eigenvalue weighted by Gasteiger charge is -2.23. The van der Waals surface area contributed by atoms with Crippen molar-refractivity contribution in [2.75, 3.05) is 18.1 Å². The molecule has 1 N–H and O–H groups in total. The number of pyridine rings is 1. The molecule has 0 radical (unpaired) electrons. The van der Waals surface area contributed by atoms with Crippen LogP contribution in [-0.2, 0) is 14.3 Å². The Bertz CT molecular complexity index is 1690. The van der Waals surface area contributed by atoms with Crippen molar-refractivity contribution >= 4 is 45.5 Å². The molecule has 0 aliphatic carbocycles. The van der Waals surface area contributed by atoms with E-state index < -0.39 is 23.7 Å². The quantitative estimate of drug-likeness (QED) is 0.0928. The zero-order chi connectivity index (χ0) is 29.3. The molecule has 1 aromatic carbocycles. The molecule has 1 aliphatic rings. The summed E-state index contributed by atoms with van der Waals surface area (Å²) in [6, 6.07) is 11.4. The molecule has 10 nitrogen and oxygen atoms in total. The molecule has 1 saturated heterocycles. The topological polar surface area (TPSA) is 123 Å². The van der Waals surface area contributed by atoms with Crippen molar-refractivity contribution in [3.63, 3.8) is 0 Å². The zero-order valence-corrected chi connectivity index (χ0v) is 24.0. The van der Waals surface area contributed by atoms with Gasteiger partial charge >= 0.3 is 11.9 Å². The molecule has 1 atom stereocenters. The maximum Gasteiger partial charge on any atom is 0.350 e. The van der Waals surface area contributed by atoms with Crippen LogP contribution in [0, 0.1) is 13.8 Å². The van der Waals surface area contributed by atoms with Gasteiger partial charge in [-0.1, -0.05) is 42.9 Å². The molecular weight excluding hydrogens is 544 g/mol. The van der Waals surface area contributed by atoms with Crippen LogP contribution in [0.1, 0.15) is 65.0 Å². The molecule has 4 aromatic rings. The van der Waals surface area contributed by atoms with E-state index in [0.717, 1.165) is 24.2 Å². The number of amides is 1. The minimum atomic E-state index is -1.04. The first-order chi connectivity index (χ1) is 19.8. The van der Waals surface area contributed by atoms with Gasteiger partial charge in [0, 0.05) is 6.20 Å². The predicted octanol–water partition coefficient (Wildman–Crippen LogP) is 5.39. The van der Waals surface area contributed by atoms with E-state index in [-0.39, 0.29) is 27.9 Å². The average molecular weight is 575 g/mol. The van der Waals surface area contributed by atoms with Crippen LogP contribution in [0.25, 0.3) is 11.4 Å². The van der Waals surface area contributed by atoms with Gasteiger partial charge in [0.15, 0.2) is 10.9 Å². The van der Waals surface area contributed by atoms with Crippen molar-refractivity contribution in [3.05, 3.63) is 81.8 Å². The van der Waals surface area contributed by atoms with Crippen LogP contribution in [-0.4, -0.2) is 50.3 Å². The Kier molecular flexibility index (Phi) is 7.89. The summed E-state index contributed by atoms with van der Waals surface area (Å²) in [6.07, 6.45) is 3.56. The molecule has 5 rings (SSSR count). The van der Waals surface area contributed by atoms with Gasteiger partial charge in [-0.2, -0.15) is 0 Å². The van der Waals surface area contributed by atoms with E-state index in [1.807, 2.05) is 6.07 Å². The van der Waals surface area contributed by atoms with Gasteiger partial charge in [0.25, 0.3) is 5.78 Å². The number of Topliss-reactive ketones (excluding diaryl/α,β-unsaturated/α-hetero) is 1. The van der Waals surface area contributed by atoms with E-state index in [0.29, 0.717) is 40.6 Å². The number of ether oxygens (including phenoxy) is 2. The Morgan fingerprint density at radius 2 is 1.88 bits per heavy atom. The summed E-state index contributed by atoms with van der Waals surface area (Å²) in [5.41, 5.74) is 2.18. The minimum absolute atomic E-state index is 0.111. The zero-order valence-electron chi connectivity index (χ0n) is 23.2. The average Bonchev–Trinajstić information content (AvgIpc) is 3.59. The summed E-state index contributed by atoms with van der Waals surface area (Å²) >= 11 is 0.961. The van der Waals surface area contributed by atoms with Gasteiger partial charge in [-0.25, -0.2) is 14.8 Å². The number of fused-ring (bicyclic) bond motifs is 1. The van der Waals surface area contributed by atoms with Gasteiger partial charge in [0.1, 0.15) is 22.0 Å². The summed E-state index contributed by atoms with van der Waals surface area (Å²) in [6.45, 7) is 7.82. The molecule has 4 heterocycles. The van der Waals surface area contributed by atoms with Crippen molar-refractivity contribution in [2.45, 2.75) is 46.6 Å². The maximum atomic E-state index is 13.7. The van der Waals surface area contributed by atoms with E-state index >= 15 is 0 Å². The summed E-state index contributed by atoms with van der Waals surface area (Å²) in [7, 11) is 0. The number of nitrogens with zero attached hydrogens (tertiary/aromatic N) is 4. The fourth-order valence-corrected chi connectivity index (χ4v) is 5.84. The number of thiazole rings is 1. The molecule has 1 unspecified atom stereocenters. The van der Waals surface area contributed by atoms with Crippen molar-refractivity contribution in [1.29, 1.82) is 0 Å². The van der Waals surface area contributed by atoms with Crippen LogP contribution in [0.3, 0.4) is 0 Å². The van der Waals surface area contributed by atoms with Crippen LogP contribution >= 0.6 is 11.3 Å². The number of hydrogen-bond acceptors (Lipinski definition) is 9. The van der Waals surface area contributed by atoms with Gasteiger partial charge in [-0.05, 0) is 57.0 Å². The van der Waals surface area contributed by atoms with Crippen molar-refractivity contribution in [3.8, 4) is 5.75 Å². The first-order valence-corrected chi connectivity index (χ1v) is 14.2. The second-order valence-electron chi connectivity index (χ2n) is 9.55. The second kappa shape index (κ2) is 11.5. The Morgan fingerprint density at radius 1 is 1.07 bits per heavy atom. The van der Waals surface area contributed by atoms with Crippen LogP contribution in [0.15, 0.2) is 54.2 Å². The van der Waals surface area contributed by atoms with Crippen LogP contribution in [0.2, 0.25) is 0 Å². The number of rotatable bonds is 9. The molecule has 1 amide bonds. The number of imidazole rings is 1. The number of unbranched alkanes of at least 4 members (excludes halogenated alkanes) is 1. The number of aryl methyl sites for hydroxylation is 2. The SMILES string of the molecule is CCCCOc1cccc(C2/C(=C(\O)c3c(C)nc4ccccn34)C(=O)C(=O)N2c2nc(C)c(C(=O)OCC)s2)c1. The number of ketones is 1. The molecule has 41 heavy (non-hydrogen) atoms. The van der Waals surface area contributed by atoms with Crippen molar-refractivity contribution in [2.24, 2.45) is 0 Å². The highest BCUT2D eigenvalue weighted by molar-refractivity contribution is 7.17. The maximum absolute atomic E-state index is 13.7. The highest BCUT2D eigenvalue weighted by Gasteiger charge is 2.49. The summed E-state index contributed by atoms with van der Waals surface area (Å²) < 4.78 is 12.7. The Labute approximate surface area is 240 Å². The van der Waals surface area contributed by atoms with E-state index in [9.17, 15) is 19.5 Å². The molecule has 11 heteroatoms. The fourth-order valence-electron chi connectivity index (χ4n) is 4.85. The molecule has 1 fully saturated rings. The number of hydrogen-bond donors (Lipinski definition) is 1. The molecule has 3 aromatic heterocycles. The number of esters is 1. The fraction of sp³-hybridized carbons (Fsp3) is 0.300. The normalized spacial score (nSPS) is 16.5. The third-order valence-corrected chi connectivity index (χ3v) is 7.90. The molecular formula is C30H30N4O6S. The third-order valence-electron chi connectivity index (χ3n) is 6.77. The standard InChI is InChI=1S/C30H30N4O6S/c1-5-7-15-40-20-12-10-11-19(16-20)24-22(25(35)23-17(3)31-21-13-8-9-14-33(21)23)26(36)28(37)34(24)30-32-18(4)27(41-30)29(38)39-6-2/h8-14,16,24,35H,5-7,15H2,1-4H3/b25-22+. The Morgan fingerprint density at radius 3 is 2.63 bits per heavy atom. The Hall–Kier alpha value is -4.51. The molecule has 0 bridgehead atoms. The first kappa shape index (κ1) is 28.0. The second-order valence-corrected chi connectivity index (χ2v) is 10.5. The van der Waals surface area contributed by atoms with E-state index in [2.05, 4.69) is 16.9 Å². The lowest BCUT2D eigenvalue weighted by Crippen LogP contribution is -2.29. The summed E-state index contributed by atoms with van der Waals surface area (Å²) in [5.74, 6) is -2.10. The molecule has 212 valence electrons. The monoisotopic (exact) mass is 574 g/mol. The largest absolute Gasteiger partial charge is 0.505 e. The smallest absolute Gasteiger partial charge is 0.350 e. The number of aliphatic hydroxyl groups excluding tert-OH is 1. The first-order valence-electron chi connectivity index (χ1n) is 13.4. The van der Waals surface area contributed by atoms with Gasteiger partial charge in [0.2, 0.25) is 0 Å². The lowest BCUT2D eigenvalue weighted by molar-refractivity contribution is -0.132. The summed E-state index contributed by atoms with van der Waals surface area (Å²) in [5, 5.41) is 11.9.